The molecule has 5 nitrogen and oxygen atoms in total. The first-order chi connectivity index (χ1) is 14.3. The smallest absolute Gasteiger partial charge is 0.388 e. The number of rotatable bonds is 10. The van der Waals surface area contributed by atoms with Crippen molar-refractivity contribution in [3.63, 3.8) is 0 Å². The molecule has 30 heavy (non-hydrogen) atoms. The lowest BCUT2D eigenvalue weighted by Crippen LogP contribution is -2.06. The van der Waals surface area contributed by atoms with Crippen molar-refractivity contribution < 1.29 is 22.3 Å². The lowest BCUT2D eigenvalue weighted by molar-refractivity contribution is -0.0532. The monoisotopic (exact) mass is 460 g/mol. The quantitative estimate of drug-likeness (QED) is 0.148. The van der Waals surface area contributed by atoms with Crippen LogP contribution in [-0.4, -0.2) is 22.8 Å². The Morgan fingerprint density at radius 3 is 2.70 bits per heavy atom. The predicted molar refractivity (Wildman–Crippen MR) is 113 cm³/mol. The van der Waals surface area contributed by atoms with Crippen molar-refractivity contribution in [3.05, 3.63) is 52.6 Å². The van der Waals surface area contributed by atoms with Gasteiger partial charge in [-0.05, 0) is 18.9 Å². The van der Waals surface area contributed by atoms with Crippen LogP contribution in [0, 0.1) is 17.6 Å². The Balaban J connectivity index is 2.16. The molecule has 0 saturated heterocycles. The highest BCUT2D eigenvalue weighted by Gasteiger charge is 2.13. The molecule has 0 radical (unpaired) electrons. The summed E-state index contributed by atoms with van der Waals surface area (Å²) in [6.07, 6.45) is 3.54. The first-order valence-electron chi connectivity index (χ1n) is 8.81. The Hall–Kier alpha value is -2.27. The SMILES string of the molecule is C/C=C(\N=C/C(C)C)SNc1cc(OC(F)F)nc(SCc2cccc(F)c2F)n1. The maximum Gasteiger partial charge on any atom is 0.388 e. The van der Waals surface area contributed by atoms with Gasteiger partial charge in [0.15, 0.2) is 16.8 Å². The minimum atomic E-state index is -3.07. The van der Waals surface area contributed by atoms with Crippen LogP contribution < -0.4 is 9.46 Å². The van der Waals surface area contributed by atoms with Gasteiger partial charge in [0, 0.05) is 35.5 Å². The van der Waals surface area contributed by atoms with Crippen LogP contribution in [0.2, 0.25) is 0 Å². The molecule has 1 heterocycles. The number of thioether (sulfide) groups is 1. The van der Waals surface area contributed by atoms with Gasteiger partial charge in [0.1, 0.15) is 10.8 Å². The van der Waals surface area contributed by atoms with E-state index in [0.29, 0.717) is 5.03 Å². The number of anilines is 1. The van der Waals surface area contributed by atoms with Crippen molar-refractivity contribution in [2.24, 2.45) is 10.9 Å². The molecule has 2 aromatic rings. The van der Waals surface area contributed by atoms with Crippen molar-refractivity contribution in [3.8, 4) is 5.88 Å². The zero-order valence-corrected chi connectivity index (χ0v) is 18.0. The average molecular weight is 461 g/mol. The van der Waals surface area contributed by atoms with E-state index in [-0.39, 0.29) is 34.1 Å². The van der Waals surface area contributed by atoms with Gasteiger partial charge in [-0.25, -0.2) is 13.8 Å². The summed E-state index contributed by atoms with van der Waals surface area (Å²) < 4.78 is 59.7. The van der Waals surface area contributed by atoms with E-state index < -0.39 is 18.2 Å². The number of aromatic nitrogens is 2. The van der Waals surface area contributed by atoms with Gasteiger partial charge in [0.2, 0.25) is 5.88 Å². The molecule has 0 aliphatic carbocycles. The van der Waals surface area contributed by atoms with Crippen molar-refractivity contribution in [1.29, 1.82) is 0 Å². The molecule has 11 heteroatoms. The lowest BCUT2D eigenvalue weighted by Gasteiger charge is -2.10. The van der Waals surface area contributed by atoms with Crippen LogP contribution >= 0.6 is 23.7 Å². The first-order valence-corrected chi connectivity index (χ1v) is 10.6. The first kappa shape index (κ1) is 24.0. The summed E-state index contributed by atoms with van der Waals surface area (Å²) in [6, 6.07) is 5.03. The van der Waals surface area contributed by atoms with Gasteiger partial charge in [-0.3, -0.25) is 4.99 Å². The van der Waals surface area contributed by atoms with Crippen molar-refractivity contribution in [1.82, 2.24) is 9.97 Å². The number of nitrogens with zero attached hydrogens (tertiary/aromatic N) is 3. The van der Waals surface area contributed by atoms with Gasteiger partial charge in [0.25, 0.3) is 0 Å². The maximum atomic E-state index is 13.8. The summed E-state index contributed by atoms with van der Waals surface area (Å²) in [4.78, 5) is 12.4. The third kappa shape index (κ3) is 7.86. The van der Waals surface area contributed by atoms with Crippen LogP contribution in [0.3, 0.4) is 0 Å². The number of allylic oxidation sites excluding steroid dienone is 1. The van der Waals surface area contributed by atoms with E-state index in [1.807, 2.05) is 20.8 Å². The second kappa shape index (κ2) is 11.8. The van der Waals surface area contributed by atoms with Crippen LogP contribution in [0.4, 0.5) is 23.4 Å². The van der Waals surface area contributed by atoms with E-state index >= 15 is 0 Å². The van der Waals surface area contributed by atoms with E-state index in [2.05, 4.69) is 24.4 Å². The van der Waals surface area contributed by atoms with Crippen LogP contribution in [0.15, 0.2) is 45.5 Å². The summed E-state index contributed by atoms with van der Waals surface area (Å²) >= 11 is 2.09. The van der Waals surface area contributed by atoms with Gasteiger partial charge in [-0.1, -0.05) is 43.8 Å². The van der Waals surface area contributed by atoms with Gasteiger partial charge in [-0.15, -0.1) is 0 Å². The van der Waals surface area contributed by atoms with E-state index in [4.69, 9.17) is 0 Å². The topological polar surface area (TPSA) is 59.4 Å². The minimum Gasteiger partial charge on any atom is -0.417 e. The summed E-state index contributed by atoms with van der Waals surface area (Å²) in [6.45, 7) is 2.71. The highest BCUT2D eigenvalue weighted by molar-refractivity contribution is 8.04. The summed E-state index contributed by atoms with van der Waals surface area (Å²) in [5.41, 5.74) is 0.104. The number of alkyl halides is 2. The van der Waals surface area contributed by atoms with Crippen molar-refractivity contribution >= 4 is 35.7 Å². The third-order valence-corrected chi connectivity index (χ3v) is 5.04. The fourth-order valence-electron chi connectivity index (χ4n) is 1.96. The van der Waals surface area contributed by atoms with Gasteiger partial charge < -0.3 is 9.46 Å². The zero-order chi connectivity index (χ0) is 22.1. The lowest BCUT2D eigenvalue weighted by atomic mass is 10.2. The van der Waals surface area contributed by atoms with E-state index in [9.17, 15) is 17.6 Å². The number of aliphatic imine (C=N–C) groups is 1. The third-order valence-electron chi connectivity index (χ3n) is 3.29. The molecular weight excluding hydrogens is 440 g/mol. The minimum absolute atomic E-state index is 0.00705. The Morgan fingerprint density at radius 1 is 1.27 bits per heavy atom. The molecule has 0 aliphatic rings. The van der Waals surface area contributed by atoms with Crippen molar-refractivity contribution in [2.45, 2.75) is 38.3 Å². The standard InChI is InChI=1S/C19H20F4N4OS2/c1-4-16(24-9-11(2)3)30-27-14-8-15(28-18(22)23)26-19(25-14)29-10-12-6-5-7-13(20)17(12)21/h4-9,11,18H,10H2,1-3H3,(H,25,26,27)/b16-4+,24-9-. The Bertz CT molecular complexity index is 910. The highest BCUT2D eigenvalue weighted by atomic mass is 32.2. The molecule has 0 atom stereocenters. The fourth-order valence-corrected chi connectivity index (χ4v) is 3.33. The Labute approximate surface area is 180 Å². The highest BCUT2D eigenvalue weighted by Crippen LogP contribution is 2.28. The van der Waals surface area contributed by atoms with Gasteiger partial charge in [0.05, 0.1) is 0 Å². The molecule has 162 valence electrons. The van der Waals surface area contributed by atoms with Gasteiger partial charge >= 0.3 is 6.61 Å². The molecule has 0 amide bonds. The molecule has 1 aromatic heterocycles. The number of hydrogen-bond acceptors (Lipinski definition) is 7. The normalized spacial score (nSPS) is 12.2. The molecule has 0 spiro atoms. The molecule has 0 bridgehead atoms. The molecule has 1 N–H and O–H groups in total. The number of halogens is 4. The number of nitrogens with one attached hydrogen (secondary N) is 1. The number of benzene rings is 1. The largest absolute Gasteiger partial charge is 0.417 e. The fraction of sp³-hybridized carbons (Fsp3) is 0.316. The second-order valence-corrected chi connectivity index (χ2v) is 7.88. The molecule has 2 rings (SSSR count). The van der Waals surface area contributed by atoms with Crippen LogP contribution in [-0.2, 0) is 5.75 Å². The van der Waals surface area contributed by atoms with Crippen LogP contribution in [0.1, 0.15) is 26.3 Å². The molecule has 0 aliphatic heterocycles. The van der Waals surface area contributed by atoms with Crippen LogP contribution in [0.25, 0.3) is 0 Å². The maximum absolute atomic E-state index is 13.8. The van der Waals surface area contributed by atoms with Crippen molar-refractivity contribution in [2.75, 3.05) is 4.72 Å². The average Bonchev–Trinajstić information content (AvgIpc) is 2.68. The summed E-state index contributed by atoms with van der Waals surface area (Å²) in [5.74, 6) is -1.82. The Kier molecular flexibility index (Phi) is 9.44. The zero-order valence-electron chi connectivity index (χ0n) is 16.4. The summed E-state index contributed by atoms with van der Waals surface area (Å²) in [5, 5.41) is 0.710. The molecular formula is C19H20F4N4OS2. The van der Waals surface area contributed by atoms with Crippen LogP contribution in [0.5, 0.6) is 5.88 Å². The number of ether oxygens (including phenoxy) is 1. The Morgan fingerprint density at radius 2 is 2.03 bits per heavy atom. The summed E-state index contributed by atoms with van der Waals surface area (Å²) in [7, 11) is 0. The van der Waals surface area contributed by atoms with E-state index in [0.717, 1.165) is 29.8 Å². The van der Waals surface area contributed by atoms with E-state index in [1.54, 1.807) is 12.3 Å². The second-order valence-electron chi connectivity index (χ2n) is 6.11. The molecule has 0 saturated carbocycles. The molecule has 0 unspecified atom stereocenters. The molecule has 0 fully saturated rings. The number of hydrogen-bond donors (Lipinski definition) is 1. The molecule has 1 aromatic carbocycles. The van der Waals surface area contributed by atoms with E-state index in [1.165, 1.54) is 18.2 Å². The predicted octanol–water partition coefficient (Wildman–Crippen LogP) is 6.30. The van der Waals surface area contributed by atoms with Gasteiger partial charge in [-0.2, -0.15) is 13.8 Å².